The molecule has 2 amide bonds. The molecule has 0 saturated carbocycles. The topological polar surface area (TPSA) is 78.9 Å². The van der Waals surface area contributed by atoms with Gasteiger partial charge in [-0.05, 0) is 30.3 Å². The van der Waals surface area contributed by atoms with Crippen LogP contribution in [0.1, 0.15) is 6.92 Å². The third-order valence-corrected chi connectivity index (χ3v) is 5.70. The Kier molecular flexibility index (Phi) is 8.06. The van der Waals surface area contributed by atoms with Gasteiger partial charge in [-0.3, -0.25) is 9.59 Å². The van der Waals surface area contributed by atoms with E-state index in [9.17, 15) is 9.59 Å². The van der Waals surface area contributed by atoms with Crippen molar-refractivity contribution in [1.82, 2.24) is 20.0 Å². The van der Waals surface area contributed by atoms with E-state index < -0.39 is 0 Å². The smallest absolute Gasteiger partial charge is 0.242 e. The van der Waals surface area contributed by atoms with Gasteiger partial charge in [-0.1, -0.05) is 23.2 Å². The Morgan fingerprint density at radius 2 is 1.84 bits per heavy atom. The van der Waals surface area contributed by atoms with Crippen molar-refractivity contribution in [1.29, 1.82) is 0 Å². The summed E-state index contributed by atoms with van der Waals surface area (Å²) < 4.78 is 5.01. The molecule has 1 fully saturated rings. The summed E-state index contributed by atoms with van der Waals surface area (Å²) >= 11 is 12.2. The normalized spacial score (nSPS) is 13.9. The minimum atomic E-state index is -0.139. The van der Waals surface area contributed by atoms with Crippen molar-refractivity contribution in [2.75, 3.05) is 57.9 Å². The number of halogens is 2. The summed E-state index contributed by atoms with van der Waals surface area (Å²) in [6.07, 6.45) is 0. The van der Waals surface area contributed by atoms with Crippen LogP contribution in [0.25, 0.3) is 11.3 Å². The number of methoxy groups -OCH3 is 1. The third kappa shape index (κ3) is 6.06. The van der Waals surface area contributed by atoms with Gasteiger partial charge in [0.05, 0.1) is 23.9 Å². The predicted molar refractivity (Wildman–Crippen MR) is 120 cm³/mol. The molecule has 0 bridgehead atoms. The van der Waals surface area contributed by atoms with E-state index in [2.05, 4.69) is 15.1 Å². The standard InChI is InChI=1S/C21H25Cl2N5O3/c1-15(29)28(11-12-31-2)14-21(30)27-9-7-26(8-10-27)20-6-5-19(24-25-20)17-4-3-16(22)13-18(17)23/h3-6,13H,7-12,14H2,1-2H3. The number of nitrogens with zero attached hydrogens (tertiary/aromatic N) is 5. The summed E-state index contributed by atoms with van der Waals surface area (Å²) in [5, 5.41) is 9.72. The zero-order valence-electron chi connectivity index (χ0n) is 17.6. The Balaban J connectivity index is 1.56. The SMILES string of the molecule is COCCN(CC(=O)N1CCN(c2ccc(-c3ccc(Cl)cc3Cl)nn2)CC1)C(C)=O. The highest BCUT2D eigenvalue weighted by molar-refractivity contribution is 6.36. The number of rotatable bonds is 7. The lowest BCUT2D eigenvalue weighted by molar-refractivity contribution is -0.140. The fraction of sp³-hybridized carbons (Fsp3) is 0.429. The summed E-state index contributed by atoms with van der Waals surface area (Å²) in [4.78, 5) is 29.7. The van der Waals surface area contributed by atoms with Crippen molar-refractivity contribution in [3.05, 3.63) is 40.4 Å². The van der Waals surface area contributed by atoms with Crippen molar-refractivity contribution in [2.24, 2.45) is 0 Å². The average molecular weight is 466 g/mol. The van der Waals surface area contributed by atoms with Crippen LogP contribution in [0.4, 0.5) is 5.82 Å². The van der Waals surface area contributed by atoms with Gasteiger partial charge in [0.1, 0.15) is 0 Å². The monoisotopic (exact) mass is 465 g/mol. The van der Waals surface area contributed by atoms with E-state index in [1.165, 1.54) is 11.8 Å². The molecule has 1 aromatic heterocycles. The number of hydrogen-bond acceptors (Lipinski definition) is 6. The molecular weight excluding hydrogens is 441 g/mol. The highest BCUT2D eigenvalue weighted by Crippen LogP contribution is 2.29. The van der Waals surface area contributed by atoms with Crippen molar-refractivity contribution in [2.45, 2.75) is 6.92 Å². The molecule has 0 radical (unpaired) electrons. The largest absolute Gasteiger partial charge is 0.383 e. The van der Waals surface area contributed by atoms with Crippen LogP contribution in [0.3, 0.4) is 0 Å². The lowest BCUT2D eigenvalue weighted by Gasteiger charge is -2.36. The maximum Gasteiger partial charge on any atom is 0.242 e. The Labute approximate surface area is 191 Å². The number of piperazine rings is 1. The molecule has 0 N–H and O–H groups in total. The first-order valence-electron chi connectivity index (χ1n) is 9.95. The highest BCUT2D eigenvalue weighted by atomic mass is 35.5. The van der Waals surface area contributed by atoms with Gasteiger partial charge in [0.2, 0.25) is 11.8 Å². The Morgan fingerprint density at radius 3 is 2.42 bits per heavy atom. The van der Waals surface area contributed by atoms with Crippen LogP contribution in [0.5, 0.6) is 0 Å². The van der Waals surface area contributed by atoms with E-state index in [4.69, 9.17) is 27.9 Å². The van der Waals surface area contributed by atoms with Gasteiger partial charge in [0.25, 0.3) is 0 Å². The molecule has 1 aromatic carbocycles. The van der Waals surface area contributed by atoms with Gasteiger partial charge in [0, 0.05) is 57.3 Å². The summed E-state index contributed by atoms with van der Waals surface area (Å²) in [7, 11) is 1.57. The summed E-state index contributed by atoms with van der Waals surface area (Å²) in [6, 6.07) is 9.02. The number of ether oxygens (including phenoxy) is 1. The van der Waals surface area contributed by atoms with Crippen LogP contribution >= 0.6 is 23.2 Å². The highest BCUT2D eigenvalue weighted by Gasteiger charge is 2.24. The lowest BCUT2D eigenvalue weighted by atomic mass is 10.1. The molecule has 2 aromatic rings. The Bertz CT molecular complexity index is 918. The van der Waals surface area contributed by atoms with E-state index in [1.54, 1.807) is 24.1 Å². The van der Waals surface area contributed by atoms with Gasteiger partial charge in [-0.25, -0.2) is 0 Å². The van der Waals surface area contributed by atoms with Gasteiger partial charge in [-0.15, -0.1) is 10.2 Å². The van der Waals surface area contributed by atoms with Gasteiger partial charge in [0.15, 0.2) is 5.82 Å². The van der Waals surface area contributed by atoms with Crippen LogP contribution in [0, 0.1) is 0 Å². The first-order valence-corrected chi connectivity index (χ1v) is 10.7. The van der Waals surface area contributed by atoms with Crippen molar-refractivity contribution in [3.8, 4) is 11.3 Å². The third-order valence-electron chi connectivity index (χ3n) is 5.15. The van der Waals surface area contributed by atoms with Crippen molar-refractivity contribution < 1.29 is 14.3 Å². The quantitative estimate of drug-likeness (QED) is 0.625. The van der Waals surface area contributed by atoms with Crippen LogP contribution < -0.4 is 4.90 Å². The van der Waals surface area contributed by atoms with Crippen LogP contribution in [0.15, 0.2) is 30.3 Å². The molecule has 1 aliphatic rings. The summed E-state index contributed by atoms with van der Waals surface area (Å²) in [6.45, 7) is 4.71. The number of benzene rings is 1. The second kappa shape index (κ2) is 10.7. The number of amides is 2. The fourth-order valence-corrected chi connectivity index (χ4v) is 3.84. The van der Waals surface area contributed by atoms with E-state index in [0.29, 0.717) is 55.1 Å². The Morgan fingerprint density at radius 1 is 1.10 bits per heavy atom. The molecule has 31 heavy (non-hydrogen) atoms. The minimum Gasteiger partial charge on any atom is -0.383 e. The second-order valence-electron chi connectivity index (χ2n) is 7.20. The van der Waals surface area contributed by atoms with Gasteiger partial charge >= 0.3 is 0 Å². The van der Waals surface area contributed by atoms with Crippen molar-refractivity contribution >= 4 is 40.8 Å². The zero-order valence-corrected chi connectivity index (χ0v) is 19.1. The molecule has 1 aliphatic heterocycles. The lowest BCUT2D eigenvalue weighted by Crippen LogP contribution is -2.52. The average Bonchev–Trinajstić information content (AvgIpc) is 2.76. The molecular formula is C21H25Cl2N5O3. The number of carbonyl (C=O) groups is 2. The Hall–Kier alpha value is -2.42. The summed E-state index contributed by atoms with van der Waals surface area (Å²) in [5.74, 6) is 0.538. The number of hydrogen-bond donors (Lipinski definition) is 0. The molecule has 0 unspecified atom stereocenters. The molecule has 10 heteroatoms. The maximum absolute atomic E-state index is 12.6. The first kappa shape index (κ1) is 23.2. The van der Waals surface area contributed by atoms with E-state index in [1.807, 2.05) is 18.2 Å². The molecule has 0 atom stereocenters. The molecule has 166 valence electrons. The maximum atomic E-state index is 12.6. The zero-order chi connectivity index (χ0) is 22.4. The van der Waals surface area contributed by atoms with E-state index in [-0.39, 0.29) is 18.4 Å². The van der Waals surface area contributed by atoms with E-state index >= 15 is 0 Å². The number of aromatic nitrogens is 2. The van der Waals surface area contributed by atoms with Gasteiger partial charge < -0.3 is 19.4 Å². The van der Waals surface area contributed by atoms with E-state index in [0.717, 1.165) is 11.4 Å². The van der Waals surface area contributed by atoms with Crippen LogP contribution in [-0.4, -0.2) is 84.8 Å². The fourth-order valence-electron chi connectivity index (χ4n) is 3.33. The van der Waals surface area contributed by atoms with Crippen LogP contribution in [0.2, 0.25) is 10.0 Å². The summed E-state index contributed by atoms with van der Waals surface area (Å²) in [5.41, 5.74) is 1.43. The molecule has 8 nitrogen and oxygen atoms in total. The molecule has 1 saturated heterocycles. The van der Waals surface area contributed by atoms with Crippen molar-refractivity contribution in [3.63, 3.8) is 0 Å². The first-order chi connectivity index (χ1) is 14.9. The molecule has 2 heterocycles. The predicted octanol–water partition coefficient (Wildman–Crippen LogP) is 2.59. The minimum absolute atomic E-state index is 0.0645. The molecule has 0 aliphatic carbocycles. The number of anilines is 1. The number of carbonyl (C=O) groups excluding carboxylic acids is 2. The molecule has 0 spiro atoms. The van der Waals surface area contributed by atoms with Gasteiger partial charge in [-0.2, -0.15) is 0 Å². The molecule has 3 rings (SSSR count). The van der Waals surface area contributed by atoms with Crippen LogP contribution in [-0.2, 0) is 14.3 Å². The second-order valence-corrected chi connectivity index (χ2v) is 8.05.